The molecule has 0 aliphatic rings. The van der Waals surface area contributed by atoms with Gasteiger partial charge < -0.3 is 10.0 Å². The highest BCUT2D eigenvalue weighted by atomic mass is 79.9. The highest BCUT2D eigenvalue weighted by molar-refractivity contribution is 9.10. The summed E-state index contributed by atoms with van der Waals surface area (Å²) in [4.78, 5) is 12.9. The van der Waals surface area contributed by atoms with E-state index in [4.69, 9.17) is 5.11 Å². The highest BCUT2D eigenvalue weighted by Crippen LogP contribution is 2.23. The summed E-state index contributed by atoms with van der Waals surface area (Å²) in [7, 11) is -0.246. The minimum absolute atomic E-state index is 0.119. The second-order valence-electron chi connectivity index (χ2n) is 4.95. The van der Waals surface area contributed by atoms with Crippen molar-refractivity contribution in [3.63, 3.8) is 0 Å². The molecule has 0 radical (unpaired) electrons. The summed E-state index contributed by atoms with van der Waals surface area (Å²) in [6, 6.07) is 4.92. The van der Waals surface area contributed by atoms with Crippen molar-refractivity contribution in [2.75, 3.05) is 33.7 Å². The number of carboxylic acids is 1. The standard InChI is InChI=1S/C13H19BrN2O4S/c1-10-4-5-11(14)8-12(10)21(19,20)16(9-13(17)18)7-6-15(2)3/h4-5,8H,6-7,9H2,1-3H3,(H,17,18). The minimum atomic E-state index is -3.85. The van der Waals surface area contributed by atoms with Crippen LogP contribution in [0, 0.1) is 6.92 Å². The van der Waals surface area contributed by atoms with Crippen LogP contribution in [0.3, 0.4) is 0 Å². The van der Waals surface area contributed by atoms with Crippen molar-refractivity contribution in [3.05, 3.63) is 28.2 Å². The second kappa shape index (κ2) is 7.35. The van der Waals surface area contributed by atoms with Crippen LogP contribution in [-0.4, -0.2) is 62.4 Å². The first-order chi connectivity index (χ1) is 9.64. The molecule has 0 aliphatic heterocycles. The van der Waals surface area contributed by atoms with Crippen LogP contribution >= 0.6 is 15.9 Å². The number of aliphatic carboxylic acids is 1. The number of halogens is 1. The average Bonchev–Trinajstić information content (AvgIpc) is 2.36. The van der Waals surface area contributed by atoms with E-state index in [9.17, 15) is 13.2 Å². The quantitative estimate of drug-likeness (QED) is 0.775. The Labute approximate surface area is 133 Å². The normalized spacial score (nSPS) is 12.1. The van der Waals surface area contributed by atoms with Crippen molar-refractivity contribution in [2.24, 2.45) is 0 Å². The van der Waals surface area contributed by atoms with E-state index in [0.717, 1.165) is 4.31 Å². The van der Waals surface area contributed by atoms with E-state index in [1.165, 1.54) is 6.07 Å². The lowest BCUT2D eigenvalue weighted by atomic mass is 10.2. The molecule has 1 aromatic carbocycles. The molecule has 0 fully saturated rings. The molecule has 0 aromatic heterocycles. The fourth-order valence-corrected chi connectivity index (χ4v) is 3.88. The highest BCUT2D eigenvalue weighted by Gasteiger charge is 2.28. The van der Waals surface area contributed by atoms with Gasteiger partial charge in [0.25, 0.3) is 0 Å². The Morgan fingerprint density at radius 2 is 1.90 bits per heavy atom. The lowest BCUT2D eigenvalue weighted by Crippen LogP contribution is -2.40. The maximum atomic E-state index is 12.7. The summed E-state index contributed by atoms with van der Waals surface area (Å²) in [6.45, 7) is 1.69. The summed E-state index contributed by atoms with van der Waals surface area (Å²) in [5.41, 5.74) is 0.582. The van der Waals surface area contributed by atoms with Crippen molar-refractivity contribution in [2.45, 2.75) is 11.8 Å². The molecule has 0 saturated heterocycles. The number of carboxylic acid groups (broad SMARTS) is 1. The van der Waals surface area contributed by atoms with Crippen LogP contribution in [0.4, 0.5) is 0 Å². The lowest BCUT2D eigenvalue weighted by Gasteiger charge is -2.23. The molecule has 0 spiro atoms. The van der Waals surface area contributed by atoms with Crippen molar-refractivity contribution >= 4 is 31.9 Å². The fourth-order valence-electron chi connectivity index (χ4n) is 1.74. The number of hydrogen-bond donors (Lipinski definition) is 1. The largest absolute Gasteiger partial charge is 0.480 e. The number of aryl methyl sites for hydroxylation is 1. The number of rotatable bonds is 7. The first-order valence-electron chi connectivity index (χ1n) is 6.27. The number of nitrogens with zero attached hydrogens (tertiary/aromatic N) is 2. The molecule has 0 saturated carbocycles. The Hall–Kier alpha value is -0.960. The smallest absolute Gasteiger partial charge is 0.318 e. The number of hydrogen-bond acceptors (Lipinski definition) is 4. The van der Waals surface area contributed by atoms with Crippen molar-refractivity contribution in [1.29, 1.82) is 0 Å². The third-order valence-corrected chi connectivity index (χ3v) is 5.36. The van der Waals surface area contributed by atoms with Gasteiger partial charge in [-0.15, -0.1) is 0 Å². The third kappa shape index (κ3) is 5.06. The molecule has 8 heteroatoms. The SMILES string of the molecule is Cc1ccc(Br)cc1S(=O)(=O)N(CCN(C)C)CC(=O)O. The van der Waals surface area contributed by atoms with E-state index in [2.05, 4.69) is 15.9 Å². The predicted molar refractivity (Wildman–Crippen MR) is 83.8 cm³/mol. The van der Waals surface area contributed by atoms with Crippen LogP contribution in [0.1, 0.15) is 5.56 Å². The van der Waals surface area contributed by atoms with E-state index < -0.39 is 22.5 Å². The van der Waals surface area contributed by atoms with E-state index in [1.807, 2.05) is 0 Å². The van der Waals surface area contributed by atoms with Gasteiger partial charge in [0.2, 0.25) is 10.0 Å². The number of benzene rings is 1. The summed E-state index contributed by atoms with van der Waals surface area (Å²) < 4.78 is 27.0. The van der Waals surface area contributed by atoms with Gasteiger partial charge in [0, 0.05) is 17.6 Å². The molecular weight excluding hydrogens is 360 g/mol. The molecule has 0 unspecified atom stereocenters. The lowest BCUT2D eigenvalue weighted by molar-refractivity contribution is -0.137. The van der Waals surface area contributed by atoms with Gasteiger partial charge in [-0.2, -0.15) is 4.31 Å². The molecule has 0 heterocycles. The zero-order valence-corrected chi connectivity index (χ0v) is 14.6. The van der Waals surface area contributed by atoms with Gasteiger partial charge in [-0.3, -0.25) is 4.79 Å². The molecule has 6 nitrogen and oxygen atoms in total. The van der Waals surface area contributed by atoms with Crippen LogP contribution in [0.25, 0.3) is 0 Å². The van der Waals surface area contributed by atoms with Crippen LogP contribution in [-0.2, 0) is 14.8 Å². The van der Waals surface area contributed by atoms with Crippen LogP contribution < -0.4 is 0 Å². The molecule has 1 N–H and O–H groups in total. The van der Waals surface area contributed by atoms with Gasteiger partial charge in [-0.25, -0.2) is 8.42 Å². The summed E-state index contributed by atoms with van der Waals surface area (Å²) in [5, 5.41) is 8.95. The van der Waals surface area contributed by atoms with E-state index in [0.29, 0.717) is 16.6 Å². The summed E-state index contributed by atoms with van der Waals surface area (Å²) in [6.07, 6.45) is 0. The van der Waals surface area contributed by atoms with Crippen LogP contribution in [0.2, 0.25) is 0 Å². The van der Waals surface area contributed by atoms with Crippen LogP contribution in [0.15, 0.2) is 27.6 Å². The van der Waals surface area contributed by atoms with E-state index in [-0.39, 0.29) is 11.4 Å². The molecule has 118 valence electrons. The first-order valence-corrected chi connectivity index (χ1v) is 8.50. The predicted octanol–water partition coefficient (Wildman–Crippen LogP) is 1.39. The van der Waals surface area contributed by atoms with Crippen molar-refractivity contribution in [1.82, 2.24) is 9.21 Å². The minimum Gasteiger partial charge on any atom is -0.480 e. The van der Waals surface area contributed by atoms with Gasteiger partial charge in [-0.05, 0) is 38.7 Å². The number of likely N-dealkylation sites (N-methyl/N-ethyl adjacent to an activating group) is 1. The summed E-state index contributed by atoms with van der Waals surface area (Å²) >= 11 is 3.24. The third-order valence-electron chi connectivity index (χ3n) is 2.88. The van der Waals surface area contributed by atoms with Gasteiger partial charge in [0.1, 0.15) is 6.54 Å². The molecule has 1 rings (SSSR count). The van der Waals surface area contributed by atoms with Gasteiger partial charge in [-0.1, -0.05) is 22.0 Å². The monoisotopic (exact) mass is 378 g/mol. The zero-order chi connectivity index (χ0) is 16.2. The number of carbonyl (C=O) groups is 1. The van der Waals surface area contributed by atoms with Gasteiger partial charge in [0.15, 0.2) is 0 Å². The van der Waals surface area contributed by atoms with Gasteiger partial charge >= 0.3 is 5.97 Å². The maximum Gasteiger partial charge on any atom is 0.318 e. The molecule has 0 amide bonds. The fraction of sp³-hybridized carbons (Fsp3) is 0.462. The maximum absolute atomic E-state index is 12.7. The average molecular weight is 379 g/mol. The second-order valence-corrected chi connectivity index (χ2v) is 7.77. The van der Waals surface area contributed by atoms with Crippen molar-refractivity contribution in [3.8, 4) is 0 Å². The Balaban J connectivity index is 3.19. The Bertz CT molecular complexity index is 617. The first kappa shape index (κ1) is 18.1. The number of sulfonamides is 1. The topological polar surface area (TPSA) is 77.9 Å². The van der Waals surface area contributed by atoms with Gasteiger partial charge in [0.05, 0.1) is 4.90 Å². The van der Waals surface area contributed by atoms with Crippen molar-refractivity contribution < 1.29 is 18.3 Å². The molecule has 1 aromatic rings. The summed E-state index contributed by atoms with van der Waals surface area (Å²) in [5.74, 6) is -1.18. The molecule has 0 bridgehead atoms. The molecule has 0 atom stereocenters. The van der Waals surface area contributed by atoms with E-state index in [1.54, 1.807) is 38.1 Å². The van der Waals surface area contributed by atoms with Crippen LogP contribution in [0.5, 0.6) is 0 Å². The van der Waals surface area contributed by atoms with E-state index >= 15 is 0 Å². The Morgan fingerprint density at radius 3 is 2.43 bits per heavy atom. The zero-order valence-electron chi connectivity index (χ0n) is 12.2. The molecular formula is C13H19BrN2O4S. The molecule has 0 aliphatic carbocycles. The Morgan fingerprint density at radius 1 is 1.29 bits per heavy atom. The molecule has 21 heavy (non-hydrogen) atoms. The Kier molecular flexibility index (Phi) is 6.33.